The van der Waals surface area contributed by atoms with E-state index in [0.29, 0.717) is 17.1 Å². The second-order valence-corrected chi connectivity index (χ2v) is 3.77. The predicted molar refractivity (Wildman–Crippen MR) is 66.3 cm³/mol. The van der Waals surface area contributed by atoms with Crippen molar-refractivity contribution in [2.75, 3.05) is 11.1 Å². The molecule has 0 aliphatic carbocycles. The normalized spacial score (nSPS) is 10.4. The molecular weight excluding hydrogens is 264 g/mol. The van der Waals surface area contributed by atoms with Gasteiger partial charge in [0.1, 0.15) is 0 Å². The Morgan fingerprint density at radius 1 is 1.35 bits per heavy atom. The smallest absolute Gasteiger partial charge is 0.281 e. The van der Waals surface area contributed by atoms with Crippen molar-refractivity contribution in [1.82, 2.24) is 30.9 Å². The summed E-state index contributed by atoms with van der Waals surface area (Å²) in [7, 11) is 0. The fourth-order valence-electron chi connectivity index (χ4n) is 1.56. The van der Waals surface area contributed by atoms with Gasteiger partial charge in [-0.05, 0) is 27.7 Å². The molecule has 0 aliphatic rings. The molecule has 0 saturated heterocycles. The number of carbonyl (C=O) groups excluding carboxylic acids is 1. The second-order valence-electron chi connectivity index (χ2n) is 3.77. The number of aromatic nitrogens is 6. The number of carbonyl (C=O) groups is 1. The summed E-state index contributed by atoms with van der Waals surface area (Å²) < 4.78 is 4.37. The summed E-state index contributed by atoms with van der Waals surface area (Å²) in [6.07, 6.45) is 0. The van der Waals surface area contributed by atoms with E-state index in [2.05, 4.69) is 40.9 Å². The van der Waals surface area contributed by atoms with Gasteiger partial charge < -0.3 is 11.1 Å². The zero-order valence-corrected chi connectivity index (χ0v) is 9.94. The molecule has 10 heteroatoms. The van der Waals surface area contributed by atoms with E-state index in [4.69, 9.17) is 5.73 Å². The van der Waals surface area contributed by atoms with Crippen LogP contribution in [0.1, 0.15) is 10.5 Å². The molecule has 4 N–H and O–H groups in total. The van der Waals surface area contributed by atoms with Crippen LogP contribution in [0.2, 0.25) is 0 Å². The highest BCUT2D eigenvalue weighted by atomic mass is 16.6. The van der Waals surface area contributed by atoms with E-state index in [1.54, 1.807) is 24.3 Å². The van der Waals surface area contributed by atoms with E-state index in [1.165, 1.54) is 0 Å². The van der Waals surface area contributed by atoms with Crippen LogP contribution in [0.3, 0.4) is 0 Å². The number of hydrogen-bond donors (Lipinski definition) is 3. The number of rotatable bonds is 3. The number of tetrazole rings is 1. The van der Waals surface area contributed by atoms with Crippen molar-refractivity contribution in [3.05, 3.63) is 30.0 Å². The average Bonchev–Trinajstić information content (AvgIpc) is 3.09. The third kappa shape index (κ3) is 2.16. The summed E-state index contributed by atoms with van der Waals surface area (Å²) in [6.45, 7) is 0. The first kappa shape index (κ1) is 11.8. The lowest BCUT2D eigenvalue weighted by Gasteiger charge is -2.04. The minimum Gasteiger partial charge on any atom is -0.379 e. The van der Waals surface area contributed by atoms with Gasteiger partial charge in [-0.25, -0.2) is 4.63 Å². The standard InChI is InChI=1S/C10H8N8O2/c11-8-7(15-20-16-8)10(19)12-6-3-1-2-5(4-6)9-13-17-18-14-9/h1-4H,(H2,11,16)(H,12,19)(H,13,14,17,18). The lowest BCUT2D eigenvalue weighted by molar-refractivity contribution is 0.101. The van der Waals surface area contributed by atoms with Gasteiger partial charge in [0, 0.05) is 11.3 Å². The van der Waals surface area contributed by atoms with Gasteiger partial charge in [-0.3, -0.25) is 4.79 Å². The van der Waals surface area contributed by atoms with E-state index in [-0.39, 0.29) is 11.5 Å². The van der Waals surface area contributed by atoms with Gasteiger partial charge in [-0.15, -0.1) is 10.2 Å². The van der Waals surface area contributed by atoms with Crippen LogP contribution in [0, 0.1) is 0 Å². The van der Waals surface area contributed by atoms with E-state index in [1.807, 2.05) is 0 Å². The zero-order valence-electron chi connectivity index (χ0n) is 9.94. The van der Waals surface area contributed by atoms with Gasteiger partial charge in [0.15, 0.2) is 0 Å². The number of benzene rings is 1. The molecule has 0 aliphatic heterocycles. The number of anilines is 2. The molecule has 0 unspecified atom stereocenters. The van der Waals surface area contributed by atoms with Crippen molar-refractivity contribution in [1.29, 1.82) is 0 Å². The second kappa shape index (κ2) is 4.76. The Labute approximate surface area is 111 Å². The number of nitrogen functional groups attached to an aromatic ring is 1. The summed E-state index contributed by atoms with van der Waals surface area (Å²) in [5.41, 5.74) is 6.59. The molecule has 10 nitrogen and oxygen atoms in total. The van der Waals surface area contributed by atoms with Crippen molar-refractivity contribution in [2.45, 2.75) is 0 Å². The van der Waals surface area contributed by atoms with Crippen LogP contribution >= 0.6 is 0 Å². The maximum absolute atomic E-state index is 11.9. The topological polar surface area (TPSA) is 148 Å². The number of nitrogens with one attached hydrogen (secondary N) is 2. The Morgan fingerprint density at radius 3 is 2.95 bits per heavy atom. The maximum Gasteiger partial charge on any atom is 0.281 e. The summed E-state index contributed by atoms with van der Waals surface area (Å²) in [5, 5.41) is 22.9. The summed E-state index contributed by atoms with van der Waals surface area (Å²) in [5.74, 6) is -0.172. The van der Waals surface area contributed by atoms with E-state index < -0.39 is 5.91 Å². The maximum atomic E-state index is 11.9. The van der Waals surface area contributed by atoms with Crippen molar-refractivity contribution < 1.29 is 9.42 Å². The van der Waals surface area contributed by atoms with Gasteiger partial charge in [0.2, 0.25) is 17.3 Å². The molecule has 0 fully saturated rings. The molecular formula is C10H8N8O2. The van der Waals surface area contributed by atoms with Gasteiger partial charge in [0.25, 0.3) is 5.91 Å². The highest BCUT2D eigenvalue weighted by Crippen LogP contribution is 2.19. The van der Waals surface area contributed by atoms with Crippen LogP contribution < -0.4 is 11.1 Å². The van der Waals surface area contributed by atoms with Gasteiger partial charge in [-0.1, -0.05) is 12.1 Å². The fraction of sp³-hybridized carbons (Fsp3) is 0. The number of hydrogen-bond acceptors (Lipinski definition) is 8. The zero-order chi connectivity index (χ0) is 13.9. The first-order chi connectivity index (χ1) is 9.74. The number of amides is 1. The molecule has 0 spiro atoms. The van der Waals surface area contributed by atoms with Crippen LogP contribution in [0.25, 0.3) is 11.4 Å². The predicted octanol–water partition coefficient (Wildman–Crippen LogP) is 0.0842. The molecule has 3 rings (SSSR count). The molecule has 2 aromatic heterocycles. The summed E-state index contributed by atoms with van der Waals surface area (Å²) >= 11 is 0. The average molecular weight is 272 g/mol. The third-order valence-electron chi connectivity index (χ3n) is 2.45. The molecule has 0 saturated carbocycles. The van der Waals surface area contributed by atoms with E-state index >= 15 is 0 Å². The number of H-pyrrole nitrogens is 1. The lowest BCUT2D eigenvalue weighted by atomic mass is 10.2. The molecule has 3 aromatic rings. The third-order valence-corrected chi connectivity index (χ3v) is 2.45. The van der Waals surface area contributed by atoms with Crippen LogP contribution in [0.5, 0.6) is 0 Å². The van der Waals surface area contributed by atoms with Crippen molar-refractivity contribution in [3.63, 3.8) is 0 Å². The number of aromatic amines is 1. The van der Waals surface area contributed by atoms with E-state index in [0.717, 1.165) is 0 Å². The highest BCUT2D eigenvalue weighted by molar-refractivity contribution is 6.05. The highest BCUT2D eigenvalue weighted by Gasteiger charge is 2.16. The van der Waals surface area contributed by atoms with Gasteiger partial charge in [-0.2, -0.15) is 5.21 Å². The quantitative estimate of drug-likeness (QED) is 0.607. The molecule has 0 bridgehead atoms. The Bertz CT molecular complexity index is 735. The Morgan fingerprint density at radius 2 is 2.25 bits per heavy atom. The minimum absolute atomic E-state index is 0.0724. The SMILES string of the molecule is Nc1nonc1C(=O)Nc1cccc(-c2nn[nH]n2)c1. The molecule has 0 radical (unpaired) electrons. The van der Waals surface area contributed by atoms with Crippen LogP contribution in [0.4, 0.5) is 11.5 Å². The van der Waals surface area contributed by atoms with Crippen molar-refractivity contribution in [2.24, 2.45) is 0 Å². The van der Waals surface area contributed by atoms with Gasteiger partial charge >= 0.3 is 0 Å². The molecule has 1 aromatic carbocycles. The Balaban J connectivity index is 1.83. The van der Waals surface area contributed by atoms with Crippen LogP contribution in [-0.2, 0) is 0 Å². The Hall–Kier alpha value is -3.30. The number of nitrogens with two attached hydrogens (primary N) is 1. The first-order valence-corrected chi connectivity index (χ1v) is 5.47. The monoisotopic (exact) mass is 272 g/mol. The summed E-state index contributed by atoms with van der Waals surface area (Å²) in [4.78, 5) is 11.9. The molecule has 20 heavy (non-hydrogen) atoms. The van der Waals surface area contributed by atoms with Gasteiger partial charge in [0.05, 0.1) is 0 Å². The molecule has 0 atom stereocenters. The minimum atomic E-state index is -0.519. The van der Waals surface area contributed by atoms with Crippen LogP contribution in [-0.4, -0.2) is 36.8 Å². The molecule has 1 amide bonds. The van der Waals surface area contributed by atoms with Crippen LogP contribution in [0.15, 0.2) is 28.9 Å². The lowest BCUT2D eigenvalue weighted by Crippen LogP contribution is -2.14. The molecule has 100 valence electrons. The Kier molecular flexibility index (Phi) is 2.80. The number of nitrogens with zero attached hydrogens (tertiary/aromatic N) is 5. The van der Waals surface area contributed by atoms with Crippen molar-refractivity contribution >= 4 is 17.4 Å². The fourth-order valence-corrected chi connectivity index (χ4v) is 1.56. The first-order valence-electron chi connectivity index (χ1n) is 5.47. The van der Waals surface area contributed by atoms with Crippen molar-refractivity contribution in [3.8, 4) is 11.4 Å². The van der Waals surface area contributed by atoms with E-state index in [9.17, 15) is 4.79 Å². The summed E-state index contributed by atoms with van der Waals surface area (Å²) in [6, 6.07) is 6.91. The molecule has 2 heterocycles. The largest absolute Gasteiger partial charge is 0.379 e.